The number of anilines is 1. The summed E-state index contributed by atoms with van der Waals surface area (Å²) in [5.41, 5.74) is 1.20. The first-order valence-electron chi connectivity index (χ1n) is 12.3. The molecule has 12 heteroatoms. The van der Waals surface area contributed by atoms with Crippen LogP contribution in [0.2, 0.25) is 0 Å². The maximum absolute atomic E-state index is 13.6. The first kappa shape index (κ1) is 30.3. The van der Waals surface area contributed by atoms with Crippen molar-refractivity contribution >= 4 is 55.0 Å². The molecule has 4 rings (SSSR count). The lowest BCUT2D eigenvalue weighted by atomic mass is 10.2. The number of halogens is 1. The summed E-state index contributed by atoms with van der Waals surface area (Å²) < 4.78 is 39.3. The lowest BCUT2D eigenvalue weighted by Crippen LogP contribution is -2.34. The molecule has 1 aromatic heterocycles. The van der Waals surface area contributed by atoms with Gasteiger partial charge in [0, 0.05) is 32.3 Å². The number of amides is 1. The number of methoxy groups -OCH3 is 1. The Balaban J connectivity index is 0.00000400. The molecule has 0 radical (unpaired) electrons. The smallest absolute Gasteiger partial charge is 0.260 e. The largest absolute Gasteiger partial charge is 0.497 e. The number of carbonyl (C=O) groups excluding carboxylic acids is 1. The summed E-state index contributed by atoms with van der Waals surface area (Å²) >= 11 is 1.43. The van der Waals surface area contributed by atoms with Crippen molar-refractivity contribution in [2.24, 2.45) is 0 Å². The number of benzene rings is 2. The van der Waals surface area contributed by atoms with Crippen LogP contribution in [-0.2, 0) is 14.8 Å². The fourth-order valence-electron chi connectivity index (χ4n) is 4.24. The van der Waals surface area contributed by atoms with Gasteiger partial charge in [-0.1, -0.05) is 11.3 Å². The van der Waals surface area contributed by atoms with E-state index in [1.165, 1.54) is 27.8 Å². The van der Waals surface area contributed by atoms with Gasteiger partial charge in [-0.05, 0) is 82.4 Å². The second kappa shape index (κ2) is 13.2. The Kier molecular flexibility index (Phi) is 10.5. The molecule has 0 spiro atoms. The van der Waals surface area contributed by atoms with Crippen molar-refractivity contribution in [3.8, 4) is 5.75 Å². The van der Waals surface area contributed by atoms with Crippen LogP contribution in [0.3, 0.4) is 0 Å². The second-order valence-electron chi connectivity index (χ2n) is 9.39. The molecule has 9 nitrogen and oxygen atoms in total. The van der Waals surface area contributed by atoms with Crippen LogP contribution in [0.15, 0.2) is 47.4 Å². The van der Waals surface area contributed by atoms with Crippen LogP contribution in [0.5, 0.6) is 5.75 Å². The molecule has 2 aromatic carbocycles. The number of hydrogen-bond donors (Lipinski definition) is 0. The van der Waals surface area contributed by atoms with E-state index in [-0.39, 0.29) is 29.3 Å². The maximum atomic E-state index is 13.6. The molecule has 1 saturated heterocycles. The van der Waals surface area contributed by atoms with Crippen LogP contribution < -0.4 is 9.64 Å². The SMILES string of the molecule is COc1ccc2nc(N(CCCN(C)C)C(=O)c3ccc(S(=O)(=O)N(C)CC4CCCO4)cc3)sc2c1.Cl. The molecule has 1 unspecified atom stereocenters. The van der Waals surface area contributed by atoms with Crippen LogP contribution in [0, 0.1) is 0 Å². The second-order valence-corrected chi connectivity index (χ2v) is 12.4. The number of carbonyl (C=O) groups is 1. The van der Waals surface area contributed by atoms with Crippen molar-refractivity contribution in [1.29, 1.82) is 0 Å². The zero-order chi connectivity index (χ0) is 26.6. The topological polar surface area (TPSA) is 92.3 Å². The standard InChI is InChI=1S/C26H34N4O5S2.ClH/c1-28(2)14-6-15-30(26-27-23-13-10-20(34-4)17-24(23)36-26)25(31)19-8-11-22(12-9-19)37(32,33)29(3)18-21-7-5-16-35-21;/h8-13,17,21H,5-7,14-16,18H2,1-4H3;1H. The Morgan fingerprint density at radius 1 is 1.13 bits per heavy atom. The van der Waals surface area contributed by atoms with Crippen LogP contribution >= 0.6 is 23.7 Å². The van der Waals surface area contributed by atoms with E-state index >= 15 is 0 Å². The summed E-state index contributed by atoms with van der Waals surface area (Å²) in [6.07, 6.45) is 2.49. The molecule has 1 aliphatic rings. The molecule has 208 valence electrons. The molecule has 1 atom stereocenters. The van der Waals surface area contributed by atoms with Gasteiger partial charge in [-0.2, -0.15) is 4.31 Å². The molecule has 3 aromatic rings. The van der Waals surface area contributed by atoms with E-state index in [1.54, 1.807) is 31.2 Å². The fraction of sp³-hybridized carbons (Fsp3) is 0.462. The number of aromatic nitrogens is 1. The van der Waals surface area contributed by atoms with Crippen molar-refractivity contribution in [2.75, 3.05) is 59.4 Å². The summed E-state index contributed by atoms with van der Waals surface area (Å²) in [5, 5.41) is 0.597. The molecule has 0 bridgehead atoms. The third-order valence-corrected chi connectivity index (χ3v) is 9.22. The van der Waals surface area contributed by atoms with Gasteiger partial charge in [0.1, 0.15) is 5.75 Å². The number of ether oxygens (including phenoxy) is 2. The summed E-state index contributed by atoms with van der Waals surface area (Å²) in [5.74, 6) is 0.510. The molecule has 0 aliphatic carbocycles. The van der Waals surface area contributed by atoms with Gasteiger partial charge in [0.2, 0.25) is 10.0 Å². The number of likely N-dealkylation sites (N-methyl/N-ethyl adjacent to an activating group) is 1. The average molecular weight is 583 g/mol. The number of sulfonamides is 1. The first-order chi connectivity index (χ1) is 17.7. The number of fused-ring (bicyclic) bond motifs is 1. The zero-order valence-electron chi connectivity index (χ0n) is 22.1. The molecule has 0 N–H and O–H groups in total. The number of thiazole rings is 1. The monoisotopic (exact) mass is 582 g/mol. The van der Waals surface area contributed by atoms with Crippen molar-refractivity contribution < 1.29 is 22.7 Å². The summed E-state index contributed by atoms with van der Waals surface area (Å²) in [7, 11) is 3.47. The molecule has 38 heavy (non-hydrogen) atoms. The maximum Gasteiger partial charge on any atom is 0.260 e. The Bertz CT molecular complexity index is 1330. The van der Waals surface area contributed by atoms with E-state index in [2.05, 4.69) is 4.90 Å². The van der Waals surface area contributed by atoms with Gasteiger partial charge in [-0.15, -0.1) is 12.4 Å². The summed E-state index contributed by atoms with van der Waals surface area (Å²) in [6.45, 7) is 2.28. The van der Waals surface area contributed by atoms with E-state index in [9.17, 15) is 13.2 Å². The summed E-state index contributed by atoms with van der Waals surface area (Å²) in [6, 6.07) is 11.8. The highest BCUT2D eigenvalue weighted by molar-refractivity contribution is 7.89. The number of rotatable bonds is 11. The highest BCUT2D eigenvalue weighted by Crippen LogP contribution is 2.32. The average Bonchev–Trinajstić information content (AvgIpc) is 3.55. The predicted molar refractivity (Wildman–Crippen MR) is 153 cm³/mol. The van der Waals surface area contributed by atoms with E-state index in [4.69, 9.17) is 14.5 Å². The normalized spacial score (nSPS) is 15.7. The van der Waals surface area contributed by atoms with Gasteiger partial charge < -0.3 is 14.4 Å². The molecule has 1 fully saturated rings. The molecule has 1 aliphatic heterocycles. The molecular weight excluding hydrogens is 548 g/mol. The van der Waals surface area contributed by atoms with Crippen molar-refractivity contribution in [3.63, 3.8) is 0 Å². The Hall–Kier alpha value is -2.28. The first-order valence-corrected chi connectivity index (χ1v) is 14.5. The molecule has 1 amide bonds. The van der Waals surface area contributed by atoms with E-state index in [0.717, 1.165) is 41.8 Å². The third kappa shape index (κ3) is 7.02. The minimum atomic E-state index is -3.69. The van der Waals surface area contributed by atoms with Crippen molar-refractivity contribution in [2.45, 2.75) is 30.3 Å². The van der Waals surface area contributed by atoms with Crippen LogP contribution in [-0.4, -0.2) is 89.1 Å². The van der Waals surface area contributed by atoms with Crippen molar-refractivity contribution in [1.82, 2.24) is 14.2 Å². The van der Waals surface area contributed by atoms with Crippen LogP contribution in [0.4, 0.5) is 5.13 Å². The Labute approximate surface area is 234 Å². The van der Waals surface area contributed by atoms with E-state index < -0.39 is 10.0 Å². The zero-order valence-corrected chi connectivity index (χ0v) is 24.6. The highest BCUT2D eigenvalue weighted by Gasteiger charge is 2.27. The fourth-order valence-corrected chi connectivity index (χ4v) is 6.46. The minimum absolute atomic E-state index is 0. The molecular formula is C26H35ClN4O5S2. The van der Waals surface area contributed by atoms with Gasteiger partial charge in [-0.25, -0.2) is 13.4 Å². The van der Waals surface area contributed by atoms with E-state index in [0.29, 0.717) is 30.4 Å². The van der Waals surface area contributed by atoms with Gasteiger partial charge in [0.05, 0.1) is 28.3 Å². The van der Waals surface area contributed by atoms with E-state index in [1.807, 2.05) is 32.3 Å². The minimum Gasteiger partial charge on any atom is -0.497 e. The highest BCUT2D eigenvalue weighted by atomic mass is 35.5. The summed E-state index contributed by atoms with van der Waals surface area (Å²) in [4.78, 5) is 22.2. The lowest BCUT2D eigenvalue weighted by Gasteiger charge is -2.22. The molecule has 2 heterocycles. The quantitative estimate of drug-likeness (QED) is 0.336. The van der Waals surface area contributed by atoms with Gasteiger partial charge in [0.15, 0.2) is 5.13 Å². The van der Waals surface area contributed by atoms with Crippen molar-refractivity contribution in [3.05, 3.63) is 48.0 Å². The number of nitrogens with zero attached hydrogens (tertiary/aromatic N) is 4. The lowest BCUT2D eigenvalue weighted by molar-refractivity contribution is 0.0978. The third-order valence-electron chi connectivity index (χ3n) is 6.34. The van der Waals surface area contributed by atoms with Crippen LogP contribution in [0.25, 0.3) is 10.2 Å². The molecule has 0 saturated carbocycles. The predicted octanol–water partition coefficient (Wildman–Crippen LogP) is 4.12. The number of hydrogen-bond acceptors (Lipinski definition) is 8. The van der Waals surface area contributed by atoms with Gasteiger partial charge in [0.25, 0.3) is 5.91 Å². The Morgan fingerprint density at radius 2 is 1.87 bits per heavy atom. The van der Waals surface area contributed by atoms with Gasteiger partial charge in [-0.3, -0.25) is 9.69 Å². The van der Waals surface area contributed by atoms with Crippen LogP contribution in [0.1, 0.15) is 29.6 Å². The Morgan fingerprint density at radius 3 is 2.50 bits per heavy atom. The van der Waals surface area contributed by atoms with Gasteiger partial charge >= 0.3 is 0 Å².